The lowest BCUT2D eigenvalue weighted by Crippen LogP contribution is -2.39. The normalized spacial score (nSPS) is 19.3. The number of aromatic nitrogens is 2. The summed E-state index contributed by atoms with van der Waals surface area (Å²) in [6.45, 7) is 5.65. The molecule has 0 radical (unpaired) electrons. The third-order valence-electron chi connectivity index (χ3n) is 3.91. The van der Waals surface area contributed by atoms with Gasteiger partial charge in [-0.2, -0.15) is 0 Å². The van der Waals surface area contributed by atoms with Crippen LogP contribution in [0.1, 0.15) is 19.8 Å². The zero-order valence-corrected chi connectivity index (χ0v) is 13.7. The fourth-order valence-electron chi connectivity index (χ4n) is 2.76. The fourth-order valence-corrected chi connectivity index (χ4v) is 3.13. The molecule has 0 spiro atoms. The molecule has 0 bridgehead atoms. The van der Waals surface area contributed by atoms with Crippen molar-refractivity contribution in [1.29, 1.82) is 0 Å². The topological polar surface area (TPSA) is 44.3 Å². The van der Waals surface area contributed by atoms with E-state index in [-0.39, 0.29) is 0 Å². The van der Waals surface area contributed by atoms with Gasteiger partial charge in [0.25, 0.3) is 0 Å². The van der Waals surface area contributed by atoms with Crippen molar-refractivity contribution in [1.82, 2.24) is 14.9 Å². The van der Waals surface area contributed by atoms with E-state index < -0.39 is 0 Å². The lowest BCUT2D eigenvalue weighted by atomic mass is 10.2. The average molecular weight is 295 g/mol. The number of hydrogen-bond donors (Lipinski definition) is 1. The first-order valence-electron chi connectivity index (χ1n) is 7.24. The highest BCUT2D eigenvalue weighted by Crippen LogP contribution is 2.22. The molecule has 1 aromatic rings. The second-order valence-corrected chi connectivity index (χ2v) is 5.93. The lowest BCUT2D eigenvalue weighted by Gasteiger charge is -2.28. The number of likely N-dealkylation sites (tertiary alicyclic amines) is 1. The van der Waals surface area contributed by atoms with E-state index >= 15 is 0 Å². The monoisotopic (exact) mass is 295 g/mol. The van der Waals surface area contributed by atoms with Crippen LogP contribution < -0.4 is 10.2 Å². The fraction of sp³-hybridized carbons (Fsp3) is 0.714. The van der Waals surface area contributed by atoms with Crippen molar-refractivity contribution in [2.24, 2.45) is 0 Å². The molecule has 0 aromatic carbocycles. The summed E-state index contributed by atoms with van der Waals surface area (Å²) in [7, 11) is 4.02. The van der Waals surface area contributed by atoms with E-state index in [1.54, 1.807) is 11.8 Å². The van der Waals surface area contributed by atoms with Crippen LogP contribution in [-0.4, -0.2) is 60.9 Å². The first-order chi connectivity index (χ1) is 9.67. The van der Waals surface area contributed by atoms with Crippen LogP contribution in [0.2, 0.25) is 0 Å². The molecule has 1 aliphatic heterocycles. The van der Waals surface area contributed by atoms with Crippen LogP contribution in [0.25, 0.3) is 0 Å². The highest BCUT2D eigenvalue weighted by Gasteiger charge is 2.24. The number of nitrogens with one attached hydrogen (secondary N) is 1. The van der Waals surface area contributed by atoms with E-state index in [9.17, 15) is 0 Å². The van der Waals surface area contributed by atoms with Gasteiger partial charge in [0.15, 0.2) is 5.16 Å². The summed E-state index contributed by atoms with van der Waals surface area (Å²) in [6.07, 6.45) is 4.61. The van der Waals surface area contributed by atoms with Gasteiger partial charge in [-0.1, -0.05) is 18.7 Å². The van der Waals surface area contributed by atoms with Crippen molar-refractivity contribution in [2.45, 2.75) is 31.0 Å². The van der Waals surface area contributed by atoms with Gasteiger partial charge in [0.1, 0.15) is 11.6 Å². The Labute approximate surface area is 126 Å². The minimum absolute atomic E-state index is 0.649. The number of nitrogens with zero attached hydrogens (tertiary/aromatic N) is 4. The van der Waals surface area contributed by atoms with Crippen molar-refractivity contribution in [3.8, 4) is 0 Å². The maximum atomic E-state index is 4.61. The molecular formula is C14H25N5S. The Kier molecular flexibility index (Phi) is 5.48. The van der Waals surface area contributed by atoms with Crippen molar-refractivity contribution >= 4 is 23.4 Å². The summed E-state index contributed by atoms with van der Waals surface area (Å²) in [4.78, 5) is 13.8. The van der Waals surface area contributed by atoms with E-state index in [2.05, 4.69) is 39.1 Å². The molecule has 1 aromatic heterocycles. The molecule has 5 nitrogen and oxygen atoms in total. The summed E-state index contributed by atoms with van der Waals surface area (Å²) >= 11 is 1.58. The highest BCUT2D eigenvalue weighted by atomic mass is 32.2. The minimum atomic E-state index is 0.649. The molecule has 0 aliphatic carbocycles. The van der Waals surface area contributed by atoms with Crippen LogP contribution in [-0.2, 0) is 0 Å². The molecule has 0 saturated carbocycles. The molecule has 1 N–H and O–H groups in total. The first-order valence-corrected chi connectivity index (χ1v) is 8.46. The molecular weight excluding hydrogens is 270 g/mol. The predicted molar refractivity (Wildman–Crippen MR) is 86.9 cm³/mol. The molecule has 2 heterocycles. The average Bonchev–Trinajstić information content (AvgIpc) is 2.93. The van der Waals surface area contributed by atoms with Crippen LogP contribution in [0, 0.1) is 0 Å². The second kappa shape index (κ2) is 7.13. The number of hydrogen-bond acceptors (Lipinski definition) is 6. The maximum Gasteiger partial charge on any atom is 0.191 e. The minimum Gasteiger partial charge on any atom is -0.373 e. The largest absolute Gasteiger partial charge is 0.373 e. The van der Waals surface area contributed by atoms with Gasteiger partial charge in [0, 0.05) is 32.7 Å². The number of likely N-dealkylation sites (N-methyl/N-ethyl adjacent to an activating group) is 2. The van der Waals surface area contributed by atoms with Crippen LogP contribution in [0.15, 0.2) is 11.2 Å². The molecule has 1 aliphatic rings. The molecule has 1 fully saturated rings. The summed E-state index contributed by atoms with van der Waals surface area (Å²) in [5, 5.41) is 3.93. The lowest BCUT2D eigenvalue weighted by molar-refractivity contribution is 0.270. The van der Waals surface area contributed by atoms with Crippen molar-refractivity contribution in [3.63, 3.8) is 0 Å². The van der Waals surface area contributed by atoms with Crippen LogP contribution in [0.3, 0.4) is 0 Å². The van der Waals surface area contributed by atoms with Crippen molar-refractivity contribution in [2.75, 3.05) is 50.2 Å². The van der Waals surface area contributed by atoms with Gasteiger partial charge < -0.3 is 10.2 Å². The van der Waals surface area contributed by atoms with Gasteiger partial charge in [0.05, 0.1) is 0 Å². The van der Waals surface area contributed by atoms with E-state index in [0.717, 1.165) is 29.9 Å². The van der Waals surface area contributed by atoms with Crippen molar-refractivity contribution < 1.29 is 0 Å². The van der Waals surface area contributed by atoms with E-state index in [1.165, 1.54) is 19.4 Å². The molecule has 0 amide bonds. The number of rotatable bonds is 6. The zero-order chi connectivity index (χ0) is 14.5. The highest BCUT2D eigenvalue weighted by molar-refractivity contribution is 7.98. The maximum absolute atomic E-state index is 4.61. The van der Waals surface area contributed by atoms with Gasteiger partial charge >= 0.3 is 0 Å². The summed E-state index contributed by atoms with van der Waals surface area (Å²) in [5.41, 5.74) is 0. The quantitative estimate of drug-likeness (QED) is 0.641. The van der Waals surface area contributed by atoms with E-state index in [1.807, 2.05) is 19.4 Å². The van der Waals surface area contributed by atoms with Crippen LogP contribution in [0.4, 0.5) is 11.6 Å². The summed E-state index contributed by atoms with van der Waals surface area (Å²) in [6, 6.07) is 2.67. The molecule has 1 saturated heterocycles. The van der Waals surface area contributed by atoms with Gasteiger partial charge in [-0.25, -0.2) is 9.97 Å². The van der Waals surface area contributed by atoms with E-state index in [0.29, 0.717) is 6.04 Å². The standard InChI is InChI=1S/C14H25N5S/c1-5-19-8-6-7-11(19)10-18(3)13-9-12(15-2)16-14(17-13)20-4/h9,11H,5-8,10H2,1-4H3,(H,15,16,17). The smallest absolute Gasteiger partial charge is 0.191 e. The zero-order valence-electron chi connectivity index (χ0n) is 12.9. The number of thioether (sulfide) groups is 1. The molecule has 20 heavy (non-hydrogen) atoms. The van der Waals surface area contributed by atoms with Gasteiger partial charge in [-0.15, -0.1) is 0 Å². The van der Waals surface area contributed by atoms with Gasteiger partial charge in [0.2, 0.25) is 0 Å². The molecule has 6 heteroatoms. The summed E-state index contributed by atoms with van der Waals surface area (Å²) in [5.74, 6) is 1.88. The van der Waals surface area contributed by atoms with Crippen LogP contribution >= 0.6 is 11.8 Å². The van der Waals surface area contributed by atoms with Crippen LogP contribution in [0.5, 0.6) is 0 Å². The third-order valence-corrected chi connectivity index (χ3v) is 4.46. The van der Waals surface area contributed by atoms with Gasteiger partial charge in [-0.3, -0.25) is 4.90 Å². The molecule has 2 rings (SSSR count). The first kappa shape index (κ1) is 15.4. The number of anilines is 2. The van der Waals surface area contributed by atoms with Gasteiger partial charge in [-0.05, 0) is 32.2 Å². The molecule has 1 unspecified atom stereocenters. The Bertz CT molecular complexity index is 417. The Morgan fingerprint density at radius 2 is 2.30 bits per heavy atom. The predicted octanol–water partition coefficient (Wildman–Crippen LogP) is 2.16. The Morgan fingerprint density at radius 3 is 2.95 bits per heavy atom. The second-order valence-electron chi connectivity index (χ2n) is 5.15. The molecule has 1 atom stereocenters. The Morgan fingerprint density at radius 1 is 1.50 bits per heavy atom. The molecule has 112 valence electrons. The third kappa shape index (κ3) is 3.55. The summed E-state index contributed by atoms with van der Waals surface area (Å²) < 4.78 is 0. The van der Waals surface area contributed by atoms with Crippen molar-refractivity contribution in [3.05, 3.63) is 6.07 Å². The Hall–Kier alpha value is -1.01. The van der Waals surface area contributed by atoms with E-state index in [4.69, 9.17) is 0 Å². The Balaban J connectivity index is 2.10. The SMILES string of the molecule is CCN1CCCC1CN(C)c1cc(NC)nc(SC)n1.